The van der Waals surface area contributed by atoms with Crippen LogP contribution in [-0.4, -0.2) is 23.9 Å². The van der Waals surface area contributed by atoms with Gasteiger partial charge in [0.05, 0.1) is 13.2 Å². The molecule has 1 saturated heterocycles. The number of amides is 1. The van der Waals surface area contributed by atoms with Gasteiger partial charge in [0.25, 0.3) is 0 Å². The standard InChI is InChI=1S/C21H23N3O3S/c1-11-5-7-15(12(2)9-11)22-19(25)17-18-14-10-13(26-4)6-8-16(14)27-21(17,3)24-20(28)23-18/h5-10,17-18H,1-4H3,(H,22,25)(H2,23,24,28)/t17-,18+,21+/m1/s1. The van der Waals surface area contributed by atoms with Gasteiger partial charge in [0, 0.05) is 11.3 Å². The van der Waals surface area contributed by atoms with Gasteiger partial charge in [-0.15, -0.1) is 0 Å². The SMILES string of the molecule is COc1ccc2c(c1)[C@@H]1NC(=S)N[C@@](C)(O2)[C@H]1C(=O)Nc1ccc(C)cc1C. The number of fused-ring (bicyclic) bond motifs is 4. The summed E-state index contributed by atoms with van der Waals surface area (Å²) in [5, 5.41) is 9.90. The number of carbonyl (C=O) groups excluding carboxylic acids is 1. The van der Waals surface area contributed by atoms with Gasteiger partial charge in [-0.05, 0) is 62.8 Å². The minimum atomic E-state index is -0.961. The first kappa shape index (κ1) is 18.6. The predicted molar refractivity (Wildman–Crippen MR) is 112 cm³/mol. The van der Waals surface area contributed by atoms with E-state index in [-0.39, 0.29) is 11.9 Å². The van der Waals surface area contributed by atoms with Crippen molar-refractivity contribution in [1.82, 2.24) is 10.6 Å². The van der Waals surface area contributed by atoms with Crippen LogP contribution in [0.4, 0.5) is 5.69 Å². The molecule has 6 nitrogen and oxygen atoms in total. The molecule has 2 aliphatic rings. The number of anilines is 1. The zero-order chi connectivity index (χ0) is 20.1. The molecule has 146 valence electrons. The van der Waals surface area contributed by atoms with Crippen LogP contribution in [0.3, 0.4) is 0 Å². The number of carbonyl (C=O) groups is 1. The van der Waals surface area contributed by atoms with E-state index in [1.165, 1.54) is 0 Å². The summed E-state index contributed by atoms with van der Waals surface area (Å²) in [7, 11) is 1.61. The first-order valence-electron chi connectivity index (χ1n) is 9.14. The van der Waals surface area contributed by atoms with Gasteiger partial charge >= 0.3 is 0 Å². The molecule has 0 saturated carbocycles. The third-order valence-corrected chi connectivity index (χ3v) is 5.59. The monoisotopic (exact) mass is 397 g/mol. The van der Waals surface area contributed by atoms with Crippen molar-refractivity contribution in [3.63, 3.8) is 0 Å². The van der Waals surface area contributed by atoms with Gasteiger partial charge in [0.1, 0.15) is 17.4 Å². The average Bonchev–Trinajstić information content (AvgIpc) is 2.62. The maximum Gasteiger partial charge on any atom is 0.236 e. The van der Waals surface area contributed by atoms with Crippen LogP contribution in [0.5, 0.6) is 11.5 Å². The highest BCUT2D eigenvalue weighted by Gasteiger charge is 2.54. The zero-order valence-corrected chi connectivity index (χ0v) is 17.1. The molecule has 0 aromatic heterocycles. The number of thiocarbonyl (C=S) groups is 1. The molecule has 3 N–H and O–H groups in total. The third kappa shape index (κ3) is 3.05. The molecule has 2 aromatic rings. The van der Waals surface area contributed by atoms with E-state index in [0.717, 1.165) is 22.4 Å². The topological polar surface area (TPSA) is 71.6 Å². The molecule has 2 heterocycles. The fraction of sp³-hybridized carbons (Fsp3) is 0.333. The summed E-state index contributed by atoms with van der Waals surface area (Å²) in [5.41, 5.74) is 2.84. The Balaban J connectivity index is 1.73. The van der Waals surface area contributed by atoms with Crippen molar-refractivity contribution in [2.75, 3.05) is 12.4 Å². The van der Waals surface area contributed by atoms with Crippen molar-refractivity contribution >= 4 is 28.9 Å². The van der Waals surface area contributed by atoms with Crippen LogP contribution < -0.4 is 25.4 Å². The van der Waals surface area contributed by atoms with E-state index in [1.54, 1.807) is 7.11 Å². The minimum absolute atomic E-state index is 0.143. The summed E-state index contributed by atoms with van der Waals surface area (Å²) in [5.74, 6) is 0.715. The van der Waals surface area contributed by atoms with Crippen LogP contribution in [-0.2, 0) is 4.79 Å². The minimum Gasteiger partial charge on any atom is -0.497 e. The molecule has 1 amide bonds. The molecular weight excluding hydrogens is 374 g/mol. The maximum absolute atomic E-state index is 13.3. The highest BCUT2D eigenvalue weighted by atomic mass is 32.1. The number of rotatable bonds is 3. The molecule has 0 spiro atoms. The first-order chi connectivity index (χ1) is 13.3. The Morgan fingerprint density at radius 3 is 2.75 bits per heavy atom. The molecule has 4 rings (SSSR count). The van der Waals surface area contributed by atoms with Crippen LogP contribution >= 0.6 is 12.2 Å². The van der Waals surface area contributed by atoms with Crippen molar-refractivity contribution in [1.29, 1.82) is 0 Å². The molecule has 2 bridgehead atoms. The highest BCUT2D eigenvalue weighted by molar-refractivity contribution is 7.80. The van der Waals surface area contributed by atoms with Crippen molar-refractivity contribution in [3.05, 3.63) is 53.1 Å². The molecule has 0 unspecified atom stereocenters. The van der Waals surface area contributed by atoms with Crippen LogP contribution in [0, 0.1) is 19.8 Å². The number of methoxy groups -OCH3 is 1. The Morgan fingerprint density at radius 1 is 1.25 bits per heavy atom. The molecule has 0 aliphatic carbocycles. The van der Waals surface area contributed by atoms with Crippen LogP contribution in [0.1, 0.15) is 29.7 Å². The van der Waals surface area contributed by atoms with E-state index in [4.69, 9.17) is 21.7 Å². The van der Waals surface area contributed by atoms with Gasteiger partial charge in [-0.25, -0.2) is 0 Å². The quantitative estimate of drug-likeness (QED) is 0.691. The maximum atomic E-state index is 13.3. The predicted octanol–water partition coefficient (Wildman–Crippen LogP) is 3.19. The van der Waals surface area contributed by atoms with Crippen molar-refractivity contribution in [3.8, 4) is 11.5 Å². The van der Waals surface area contributed by atoms with Gasteiger partial charge in [-0.2, -0.15) is 0 Å². The highest BCUT2D eigenvalue weighted by Crippen LogP contribution is 2.46. The molecule has 1 fully saturated rings. The van der Waals surface area contributed by atoms with E-state index < -0.39 is 11.6 Å². The summed E-state index contributed by atoms with van der Waals surface area (Å²) in [6.45, 7) is 5.86. The number of ether oxygens (including phenoxy) is 2. The van der Waals surface area contributed by atoms with E-state index in [2.05, 4.69) is 16.0 Å². The fourth-order valence-electron chi connectivity index (χ4n) is 4.01. The van der Waals surface area contributed by atoms with E-state index >= 15 is 0 Å². The number of hydrogen-bond donors (Lipinski definition) is 3. The Kier molecular flexibility index (Phi) is 4.42. The number of nitrogens with one attached hydrogen (secondary N) is 3. The number of benzene rings is 2. The lowest BCUT2D eigenvalue weighted by molar-refractivity contribution is -0.132. The van der Waals surface area contributed by atoms with E-state index in [0.29, 0.717) is 16.6 Å². The van der Waals surface area contributed by atoms with Gasteiger partial charge in [0.2, 0.25) is 5.91 Å². The lowest BCUT2D eigenvalue weighted by Gasteiger charge is -2.50. The van der Waals surface area contributed by atoms with E-state index in [9.17, 15) is 4.79 Å². The van der Waals surface area contributed by atoms with Crippen molar-refractivity contribution in [2.45, 2.75) is 32.5 Å². The lowest BCUT2D eigenvalue weighted by atomic mass is 9.79. The van der Waals surface area contributed by atoms with Gasteiger partial charge in [0.15, 0.2) is 10.8 Å². The first-order valence-corrected chi connectivity index (χ1v) is 9.55. The molecule has 28 heavy (non-hydrogen) atoms. The summed E-state index contributed by atoms with van der Waals surface area (Å²) >= 11 is 5.36. The van der Waals surface area contributed by atoms with Gasteiger partial charge < -0.3 is 25.4 Å². The fourth-order valence-corrected chi connectivity index (χ4v) is 4.34. The van der Waals surface area contributed by atoms with Crippen LogP contribution in [0.25, 0.3) is 0 Å². The van der Waals surface area contributed by atoms with Crippen molar-refractivity contribution in [2.24, 2.45) is 5.92 Å². The normalized spacial score (nSPS) is 24.9. The molecule has 2 aromatic carbocycles. The van der Waals surface area contributed by atoms with Crippen LogP contribution in [0.2, 0.25) is 0 Å². The van der Waals surface area contributed by atoms with E-state index in [1.807, 2.05) is 57.2 Å². The smallest absolute Gasteiger partial charge is 0.236 e. The lowest BCUT2D eigenvalue weighted by Crippen LogP contribution is -2.70. The number of hydrogen-bond acceptors (Lipinski definition) is 4. The largest absolute Gasteiger partial charge is 0.497 e. The Labute approximate surface area is 169 Å². The summed E-state index contributed by atoms with van der Waals surface area (Å²) in [6.07, 6.45) is 0. The molecule has 0 radical (unpaired) electrons. The van der Waals surface area contributed by atoms with Crippen molar-refractivity contribution < 1.29 is 14.3 Å². The molecular formula is C21H23N3O3S. The molecule has 7 heteroatoms. The third-order valence-electron chi connectivity index (χ3n) is 5.37. The van der Waals surface area contributed by atoms with Crippen LogP contribution in [0.15, 0.2) is 36.4 Å². The summed E-state index contributed by atoms with van der Waals surface area (Å²) in [4.78, 5) is 13.3. The Morgan fingerprint density at radius 2 is 2.04 bits per heavy atom. The Bertz CT molecular complexity index is 977. The second kappa shape index (κ2) is 6.67. The number of aryl methyl sites for hydroxylation is 2. The zero-order valence-electron chi connectivity index (χ0n) is 16.3. The second-order valence-corrected chi connectivity index (χ2v) is 7.88. The summed E-state index contributed by atoms with van der Waals surface area (Å²) < 4.78 is 11.6. The second-order valence-electron chi connectivity index (χ2n) is 7.47. The molecule has 2 aliphatic heterocycles. The van der Waals surface area contributed by atoms with Gasteiger partial charge in [-0.1, -0.05) is 17.7 Å². The average molecular weight is 398 g/mol. The van der Waals surface area contributed by atoms with Gasteiger partial charge in [-0.3, -0.25) is 4.79 Å². The summed E-state index contributed by atoms with van der Waals surface area (Å²) in [6, 6.07) is 11.2. The molecule has 3 atom stereocenters. The Hall–Kier alpha value is -2.80.